The Balaban J connectivity index is 1.55. The first-order valence-electron chi connectivity index (χ1n) is 13.8. The zero-order valence-electron chi connectivity index (χ0n) is 21.9. The standard InChI is InChI=1S/C26H42BrN5O5/c1-2-3-4-5-6-7-8-9-10-11-12-13-14-15-20(35)26(16-18(34)19(17-33)37-26)32-22-21(29-24(32)27)23(36)31-25(28)30-22/h18-19,33-34H,2-17H2,1H3,(H3,28,30,31,36)/t18-,19+,26-/m0/s1. The first-order chi connectivity index (χ1) is 17.8. The Labute approximate surface area is 226 Å². The van der Waals surface area contributed by atoms with Crippen LogP contribution >= 0.6 is 15.9 Å². The number of halogens is 1. The summed E-state index contributed by atoms with van der Waals surface area (Å²) in [5, 5.41) is 20.2. The van der Waals surface area contributed by atoms with Gasteiger partial charge in [0.2, 0.25) is 11.7 Å². The number of carbonyl (C=O) groups is 1. The van der Waals surface area contributed by atoms with E-state index in [1.165, 1.54) is 62.4 Å². The second-order valence-electron chi connectivity index (χ2n) is 10.2. The molecule has 11 heteroatoms. The normalized spacial score (nSPS) is 21.7. The van der Waals surface area contributed by atoms with E-state index >= 15 is 0 Å². The highest BCUT2D eigenvalue weighted by Gasteiger charge is 2.53. The lowest BCUT2D eigenvalue weighted by Gasteiger charge is -2.30. The van der Waals surface area contributed by atoms with E-state index in [9.17, 15) is 19.8 Å². The third-order valence-electron chi connectivity index (χ3n) is 7.24. The van der Waals surface area contributed by atoms with Gasteiger partial charge in [-0.1, -0.05) is 84.0 Å². The number of hydrogen-bond acceptors (Lipinski definition) is 8. The molecule has 5 N–H and O–H groups in total. The number of hydrogen-bond donors (Lipinski definition) is 4. The van der Waals surface area contributed by atoms with Crippen molar-refractivity contribution in [1.82, 2.24) is 19.5 Å². The van der Waals surface area contributed by atoms with E-state index in [-0.39, 0.29) is 40.5 Å². The Morgan fingerprint density at radius 3 is 2.19 bits per heavy atom. The average molecular weight is 585 g/mol. The molecule has 208 valence electrons. The van der Waals surface area contributed by atoms with Crippen LogP contribution in [-0.4, -0.2) is 54.3 Å². The summed E-state index contributed by atoms with van der Waals surface area (Å²) in [5.41, 5.74) is 3.64. The second-order valence-corrected chi connectivity index (χ2v) is 10.9. The predicted molar refractivity (Wildman–Crippen MR) is 146 cm³/mol. The molecule has 0 radical (unpaired) electrons. The van der Waals surface area contributed by atoms with Crippen LogP contribution in [0, 0.1) is 0 Å². The van der Waals surface area contributed by atoms with Crippen LogP contribution in [0.5, 0.6) is 0 Å². The van der Waals surface area contributed by atoms with Crippen LogP contribution in [0.1, 0.15) is 103 Å². The number of carbonyl (C=O) groups excluding carboxylic acids is 1. The molecule has 0 spiro atoms. The summed E-state index contributed by atoms with van der Waals surface area (Å²) < 4.78 is 7.55. The van der Waals surface area contributed by atoms with Crippen LogP contribution in [0.3, 0.4) is 0 Å². The number of aliphatic hydroxyl groups is 2. The molecule has 1 aliphatic heterocycles. The third-order valence-corrected chi connectivity index (χ3v) is 7.77. The van der Waals surface area contributed by atoms with Gasteiger partial charge in [0.25, 0.3) is 5.56 Å². The van der Waals surface area contributed by atoms with Gasteiger partial charge >= 0.3 is 0 Å². The van der Waals surface area contributed by atoms with Crippen LogP contribution in [0.2, 0.25) is 0 Å². The largest absolute Gasteiger partial charge is 0.394 e. The molecule has 2 aromatic rings. The molecular formula is C26H42BrN5O5. The number of rotatable bonds is 17. The van der Waals surface area contributed by atoms with Gasteiger partial charge in [0.15, 0.2) is 21.7 Å². The second kappa shape index (κ2) is 14.4. The van der Waals surface area contributed by atoms with Gasteiger partial charge in [0.05, 0.1) is 12.7 Å². The van der Waals surface area contributed by atoms with Crippen LogP contribution < -0.4 is 11.3 Å². The van der Waals surface area contributed by atoms with Gasteiger partial charge in [-0.15, -0.1) is 0 Å². The Bertz CT molecular complexity index is 1070. The molecule has 0 aromatic carbocycles. The molecule has 0 amide bonds. The molecule has 10 nitrogen and oxygen atoms in total. The molecule has 1 saturated heterocycles. The fourth-order valence-corrected chi connectivity index (χ4v) is 5.81. The van der Waals surface area contributed by atoms with E-state index in [4.69, 9.17) is 10.5 Å². The van der Waals surface area contributed by atoms with Gasteiger partial charge in [-0.05, 0) is 22.4 Å². The van der Waals surface area contributed by atoms with Crippen molar-refractivity contribution in [2.24, 2.45) is 0 Å². The van der Waals surface area contributed by atoms with Gasteiger partial charge < -0.3 is 20.7 Å². The molecule has 0 bridgehead atoms. The van der Waals surface area contributed by atoms with Crippen LogP contribution in [0.25, 0.3) is 11.2 Å². The summed E-state index contributed by atoms with van der Waals surface area (Å²) in [6.07, 6.45) is 13.7. The van der Waals surface area contributed by atoms with Crippen molar-refractivity contribution in [2.45, 2.75) is 121 Å². The maximum absolute atomic E-state index is 13.6. The van der Waals surface area contributed by atoms with E-state index in [1.807, 2.05) is 0 Å². The quantitative estimate of drug-likeness (QED) is 0.158. The molecule has 1 aliphatic rings. The number of nitrogens with zero attached hydrogens (tertiary/aromatic N) is 3. The van der Waals surface area contributed by atoms with Gasteiger partial charge in [-0.25, -0.2) is 4.98 Å². The Morgan fingerprint density at radius 2 is 1.65 bits per heavy atom. The summed E-state index contributed by atoms with van der Waals surface area (Å²) in [6.45, 7) is 1.79. The summed E-state index contributed by atoms with van der Waals surface area (Å²) >= 11 is 3.33. The van der Waals surface area contributed by atoms with Crippen molar-refractivity contribution >= 4 is 38.8 Å². The SMILES string of the molecule is CCCCCCCCCCCCCCCC(=O)[C@]1(n2c(Br)nc3c(=O)[nH]c(N)nc32)C[C@H](O)[C@@H](CO)O1. The fourth-order valence-electron chi connectivity index (χ4n) is 5.18. The highest BCUT2D eigenvalue weighted by Crippen LogP contribution is 2.41. The minimum absolute atomic E-state index is 0.000234. The lowest BCUT2D eigenvalue weighted by Crippen LogP contribution is -2.43. The van der Waals surface area contributed by atoms with E-state index in [0.717, 1.165) is 19.3 Å². The maximum Gasteiger partial charge on any atom is 0.280 e. The van der Waals surface area contributed by atoms with Gasteiger partial charge in [0.1, 0.15) is 6.10 Å². The number of Topliss-reactive ketones (excluding diaryl/α,β-unsaturated/α-hetero) is 1. The van der Waals surface area contributed by atoms with E-state index < -0.39 is 30.1 Å². The molecule has 0 saturated carbocycles. The lowest BCUT2D eigenvalue weighted by molar-refractivity contribution is -0.161. The van der Waals surface area contributed by atoms with Crippen molar-refractivity contribution < 1.29 is 19.7 Å². The number of ketones is 1. The molecule has 0 aliphatic carbocycles. The Morgan fingerprint density at radius 1 is 1.08 bits per heavy atom. The Kier molecular flexibility index (Phi) is 11.5. The van der Waals surface area contributed by atoms with Gasteiger partial charge in [0, 0.05) is 12.8 Å². The number of imidazole rings is 1. The summed E-state index contributed by atoms with van der Waals surface area (Å²) in [4.78, 5) is 36.8. The molecule has 3 heterocycles. The maximum atomic E-state index is 13.6. The van der Waals surface area contributed by atoms with Crippen molar-refractivity contribution in [3.8, 4) is 0 Å². The molecule has 1 fully saturated rings. The highest BCUT2D eigenvalue weighted by atomic mass is 79.9. The summed E-state index contributed by atoms with van der Waals surface area (Å²) in [7, 11) is 0. The number of nitrogens with one attached hydrogen (secondary N) is 1. The van der Waals surface area contributed by atoms with Crippen molar-refractivity contribution in [2.75, 3.05) is 12.3 Å². The number of aromatic amines is 1. The first kappa shape index (κ1) is 29.7. The molecule has 2 aromatic heterocycles. The number of fused-ring (bicyclic) bond motifs is 1. The molecule has 3 rings (SSSR count). The van der Waals surface area contributed by atoms with Crippen LogP contribution in [0.15, 0.2) is 9.53 Å². The molecular weight excluding hydrogens is 542 g/mol. The number of anilines is 1. The number of nitrogen functional groups attached to an aromatic ring is 1. The third kappa shape index (κ3) is 7.40. The Hall–Kier alpha value is -1.82. The van der Waals surface area contributed by atoms with Crippen LogP contribution in [0.4, 0.5) is 5.95 Å². The molecule has 37 heavy (non-hydrogen) atoms. The average Bonchev–Trinajstić information content (AvgIpc) is 3.38. The van der Waals surface area contributed by atoms with Crippen molar-refractivity contribution in [3.63, 3.8) is 0 Å². The number of nitrogens with two attached hydrogens (primary N) is 1. The van der Waals surface area contributed by atoms with Crippen molar-refractivity contribution in [3.05, 3.63) is 15.1 Å². The van der Waals surface area contributed by atoms with E-state index in [2.05, 4.69) is 37.8 Å². The first-order valence-corrected chi connectivity index (χ1v) is 14.6. The summed E-state index contributed by atoms with van der Waals surface area (Å²) in [5.74, 6) is -0.381. The van der Waals surface area contributed by atoms with Gasteiger partial charge in [-0.3, -0.25) is 19.1 Å². The number of aromatic nitrogens is 4. The lowest BCUT2D eigenvalue weighted by atomic mass is 9.96. The zero-order valence-corrected chi connectivity index (χ0v) is 23.5. The highest BCUT2D eigenvalue weighted by molar-refractivity contribution is 9.10. The summed E-state index contributed by atoms with van der Waals surface area (Å²) in [6, 6.07) is 0. The zero-order chi connectivity index (χ0) is 26.8. The fraction of sp³-hybridized carbons (Fsp3) is 0.769. The minimum atomic E-state index is -1.65. The van der Waals surface area contributed by atoms with E-state index in [0.29, 0.717) is 6.42 Å². The minimum Gasteiger partial charge on any atom is -0.394 e. The van der Waals surface area contributed by atoms with Gasteiger partial charge in [-0.2, -0.15) is 4.98 Å². The van der Waals surface area contributed by atoms with Crippen LogP contribution in [-0.2, 0) is 15.3 Å². The number of H-pyrrole nitrogens is 1. The predicted octanol–water partition coefficient (Wildman–Crippen LogP) is 4.31. The van der Waals surface area contributed by atoms with E-state index in [1.54, 1.807) is 0 Å². The number of aliphatic hydroxyl groups excluding tert-OH is 2. The smallest absolute Gasteiger partial charge is 0.280 e. The molecule has 0 unspecified atom stereocenters. The number of unbranched alkanes of at least 4 members (excludes halogenated alkanes) is 12. The van der Waals surface area contributed by atoms with Crippen molar-refractivity contribution in [1.29, 1.82) is 0 Å². The molecule has 3 atom stereocenters. The monoisotopic (exact) mass is 583 g/mol. The number of ether oxygens (including phenoxy) is 1. The topological polar surface area (TPSA) is 156 Å².